The van der Waals surface area contributed by atoms with E-state index in [2.05, 4.69) is 36.4 Å². The van der Waals surface area contributed by atoms with Gasteiger partial charge in [-0.2, -0.15) is 0 Å². The van der Waals surface area contributed by atoms with Crippen molar-refractivity contribution >= 4 is 22.9 Å². The van der Waals surface area contributed by atoms with Gasteiger partial charge in [0.25, 0.3) is 0 Å². The highest BCUT2D eigenvalue weighted by Crippen LogP contribution is 2.22. The predicted octanol–water partition coefficient (Wildman–Crippen LogP) is 3.96. The molecule has 0 spiro atoms. The third-order valence-electron chi connectivity index (χ3n) is 4.98. The quantitative estimate of drug-likeness (QED) is 0.511. The summed E-state index contributed by atoms with van der Waals surface area (Å²) >= 11 is 0. The number of fused-ring (bicyclic) bond motifs is 1. The number of rotatable bonds is 6. The van der Waals surface area contributed by atoms with E-state index < -0.39 is 18.0 Å². The summed E-state index contributed by atoms with van der Waals surface area (Å²) in [7, 11) is 0. The topological polar surface area (TPSA) is 94.2 Å². The van der Waals surface area contributed by atoms with Crippen molar-refractivity contribution in [2.45, 2.75) is 45.2 Å². The average molecular weight is 393 g/mol. The van der Waals surface area contributed by atoms with Crippen LogP contribution >= 0.6 is 0 Å². The molecule has 6 nitrogen and oxygen atoms in total. The van der Waals surface area contributed by atoms with E-state index in [4.69, 9.17) is 0 Å². The number of aromatic amines is 1. The van der Waals surface area contributed by atoms with Crippen LogP contribution in [0.3, 0.4) is 0 Å². The van der Waals surface area contributed by atoms with Crippen LogP contribution in [0.25, 0.3) is 10.9 Å². The van der Waals surface area contributed by atoms with Gasteiger partial charge in [0.2, 0.25) is 0 Å². The largest absolute Gasteiger partial charge is 0.480 e. The Morgan fingerprint density at radius 2 is 1.76 bits per heavy atom. The highest BCUT2D eigenvalue weighted by molar-refractivity contribution is 5.86. The molecule has 1 unspecified atom stereocenters. The Kier molecular flexibility index (Phi) is 5.92. The van der Waals surface area contributed by atoms with Gasteiger partial charge in [0, 0.05) is 30.1 Å². The summed E-state index contributed by atoms with van der Waals surface area (Å²) in [5, 5.41) is 15.8. The molecule has 29 heavy (non-hydrogen) atoms. The number of aliphatic carboxylic acids is 1. The maximum atomic E-state index is 12.3. The molecule has 6 heteroatoms. The van der Waals surface area contributed by atoms with Gasteiger partial charge < -0.3 is 20.7 Å². The van der Waals surface area contributed by atoms with E-state index in [0.29, 0.717) is 6.54 Å². The van der Waals surface area contributed by atoms with Crippen molar-refractivity contribution in [1.29, 1.82) is 0 Å². The van der Waals surface area contributed by atoms with E-state index in [0.717, 1.165) is 22.0 Å². The lowest BCUT2D eigenvalue weighted by Crippen LogP contribution is -2.46. The lowest BCUT2D eigenvalue weighted by Gasteiger charge is -2.19. The van der Waals surface area contributed by atoms with Crippen LogP contribution in [0.1, 0.15) is 37.5 Å². The third-order valence-corrected chi connectivity index (χ3v) is 4.98. The number of hydrogen-bond donors (Lipinski definition) is 4. The summed E-state index contributed by atoms with van der Waals surface area (Å²) in [6.07, 6.45) is 1.99. The van der Waals surface area contributed by atoms with Gasteiger partial charge in [-0.05, 0) is 28.2 Å². The fourth-order valence-electron chi connectivity index (χ4n) is 3.23. The standard InChI is InChI=1S/C23H27N3O3/c1-23(2,3)17-10-8-15(9-11-17)13-25-22(29)26-20(21(27)28)12-16-14-24-19-7-5-4-6-18(16)19/h4-11,14,20,24H,12-13H2,1-3H3,(H,27,28)(H2,25,26,29). The molecule has 1 aromatic heterocycles. The van der Waals surface area contributed by atoms with Crippen LogP contribution in [0.4, 0.5) is 4.79 Å². The molecule has 0 aliphatic carbocycles. The van der Waals surface area contributed by atoms with Gasteiger partial charge >= 0.3 is 12.0 Å². The monoisotopic (exact) mass is 393 g/mol. The Morgan fingerprint density at radius 1 is 1.07 bits per heavy atom. The molecule has 0 bridgehead atoms. The summed E-state index contributed by atoms with van der Waals surface area (Å²) in [5.41, 5.74) is 4.04. The number of nitrogens with one attached hydrogen (secondary N) is 3. The van der Waals surface area contributed by atoms with Gasteiger partial charge in [-0.25, -0.2) is 9.59 Å². The second kappa shape index (κ2) is 8.39. The zero-order chi connectivity index (χ0) is 21.0. The summed E-state index contributed by atoms with van der Waals surface area (Å²) in [6.45, 7) is 6.77. The van der Waals surface area contributed by atoms with Gasteiger partial charge in [-0.15, -0.1) is 0 Å². The molecule has 4 N–H and O–H groups in total. The van der Waals surface area contributed by atoms with Gasteiger partial charge in [0.05, 0.1) is 0 Å². The number of para-hydroxylation sites is 1. The number of hydrogen-bond acceptors (Lipinski definition) is 2. The first-order valence-corrected chi connectivity index (χ1v) is 9.65. The highest BCUT2D eigenvalue weighted by atomic mass is 16.4. The minimum Gasteiger partial charge on any atom is -0.480 e. The highest BCUT2D eigenvalue weighted by Gasteiger charge is 2.22. The van der Waals surface area contributed by atoms with Crippen molar-refractivity contribution in [1.82, 2.24) is 15.6 Å². The first kappa shape index (κ1) is 20.5. The summed E-state index contributed by atoms with van der Waals surface area (Å²) < 4.78 is 0. The number of carbonyl (C=O) groups excluding carboxylic acids is 1. The van der Waals surface area contributed by atoms with Crippen LogP contribution in [0, 0.1) is 0 Å². The van der Waals surface area contributed by atoms with Crippen LogP contribution in [0.5, 0.6) is 0 Å². The average Bonchev–Trinajstić information content (AvgIpc) is 3.08. The molecular formula is C23H27N3O3. The predicted molar refractivity (Wildman–Crippen MR) is 114 cm³/mol. The van der Waals surface area contributed by atoms with E-state index in [9.17, 15) is 14.7 Å². The minimum atomic E-state index is -1.07. The number of benzene rings is 2. The fraction of sp³-hybridized carbons (Fsp3) is 0.304. The van der Waals surface area contributed by atoms with Crippen molar-refractivity contribution in [2.24, 2.45) is 0 Å². The molecule has 0 aliphatic heterocycles. The molecule has 1 atom stereocenters. The van der Waals surface area contributed by atoms with Crippen LogP contribution in [-0.2, 0) is 23.2 Å². The Bertz CT molecular complexity index is 1000. The molecule has 2 amide bonds. The molecule has 2 aromatic carbocycles. The molecule has 0 saturated heterocycles. The van der Waals surface area contributed by atoms with Gasteiger partial charge in [0.15, 0.2) is 0 Å². The van der Waals surface area contributed by atoms with Crippen molar-refractivity contribution in [3.05, 3.63) is 71.4 Å². The van der Waals surface area contributed by atoms with Crippen LogP contribution in [0.15, 0.2) is 54.7 Å². The molecule has 3 rings (SSSR count). The number of aromatic nitrogens is 1. The van der Waals surface area contributed by atoms with Gasteiger partial charge in [-0.3, -0.25) is 0 Å². The van der Waals surface area contributed by atoms with E-state index >= 15 is 0 Å². The summed E-state index contributed by atoms with van der Waals surface area (Å²) in [5.74, 6) is -1.07. The molecule has 152 valence electrons. The van der Waals surface area contributed by atoms with Crippen molar-refractivity contribution < 1.29 is 14.7 Å². The Hall–Kier alpha value is -3.28. The van der Waals surface area contributed by atoms with Crippen LogP contribution in [-0.4, -0.2) is 28.1 Å². The number of carboxylic acids is 1. The van der Waals surface area contributed by atoms with Crippen LogP contribution < -0.4 is 10.6 Å². The lowest BCUT2D eigenvalue weighted by atomic mass is 9.87. The maximum absolute atomic E-state index is 12.3. The number of amides is 2. The van der Waals surface area contributed by atoms with Crippen molar-refractivity contribution in [2.75, 3.05) is 0 Å². The van der Waals surface area contributed by atoms with E-state index in [1.165, 1.54) is 5.56 Å². The molecule has 1 heterocycles. The fourth-order valence-corrected chi connectivity index (χ4v) is 3.23. The number of H-pyrrole nitrogens is 1. The second-order valence-electron chi connectivity index (χ2n) is 8.23. The SMILES string of the molecule is CC(C)(C)c1ccc(CNC(=O)NC(Cc2c[nH]c3ccccc23)C(=O)O)cc1. The minimum absolute atomic E-state index is 0.0699. The zero-order valence-corrected chi connectivity index (χ0v) is 17.0. The van der Waals surface area contributed by atoms with Crippen molar-refractivity contribution in [3.8, 4) is 0 Å². The lowest BCUT2D eigenvalue weighted by molar-refractivity contribution is -0.139. The molecular weight excluding hydrogens is 366 g/mol. The molecule has 0 radical (unpaired) electrons. The van der Waals surface area contributed by atoms with E-state index in [-0.39, 0.29) is 11.8 Å². The Morgan fingerprint density at radius 3 is 2.41 bits per heavy atom. The zero-order valence-electron chi connectivity index (χ0n) is 17.0. The van der Waals surface area contributed by atoms with Gasteiger partial charge in [-0.1, -0.05) is 63.2 Å². The van der Waals surface area contributed by atoms with E-state index in [1.807, 2.05) is 48.5 Å². The Balaban J connectivity index is 1.59. The summed E-state index contributed by atoms with van der Waals surface area (Å²) in [4.78, 5) is 27.0. The Labute approximate surface area is 170 Å². The molecule has 3 aromatic rings. The number of carboxylic acid groups (broad SMARTS) is 1. The number of urea groups is 1. The van der Waals surface area contributed by atoms with Gasteiger partial charge in [0.1, 0.15) is 6.04 Å². The second-order valence-corrected chi connectivity index (χ2v) is 8.23. The van der Waals surface area contributed by atoms with Crippen molar-refractivity contribution in [3.63, 3.8) is 0 Å². The van der Waals surface area contributed by atoms with Crippen LogP contribution in [0.2, 0.25) is 0 Å². The first-order valence-electron chi connectivity index (χ1n) is 9.65. The molecule has 0 aliphatic rings. The first-order chi connectivity index (χ1) is 13.7. The normalized spacial score (nSPS) is 12.5. The number of carbonyl (C=O) groups is 2. The molecule has 0 saturated carbocycles. The summed E-state index contributed by atoms with van der Waals surface area (Å²) in [6, 6.07) is 14.2. The van der Waals surface area contributed by atoms with E-state index in [1.54, 1.807) is 6.20 Å². The molecule has 0 fully saturated rings. The maximum Gasteiger partial charge on any atom is 0.326 e. The third kappa shape index (κ3) is 5.16. The smallest absolute Gasteiger partial charge is 0.326 e.